The zero-order chi connectivity index (χ0) is 21.3. The summed E-state index contributed by atoms with van der Waals surface area (Å²) in [6, 6.07) is 13.9. The molecular formula is C21H19N3O5S. The van der Waals surface area contributed by atoms with Crippen LogP contribution in [0.4, 0.5) is 0 Å². The number of ketones is 1. The lowest BCUT2D eigenvalue weighted by Gasteiger charge is -2.11. The van der Waals surface area contributed by atoms with E-state index in [9.17, 15) is 18.0 Å². The summed E-state index contributed by atoms with van der Waals surface area (Å²) in [6.07, 6.45) is 0.571. The fourth-order valence-corrected chi connectivity index (χ4v) is 4.57. The summed E-state index contributed by atoms with van der Waals surface area (Å²) in [5, 5.41) is 0.768. The average molecular weight is 425 g/mol. The van der Waals surface area contributed by atoms with Crippen LogP contribution in [0.1, 0.15) is 29.3 Å². The second kappa shape index (κ2) is 7.75. The van der Waals surface area contributed by atoms with Gasteiger partial charge < -0.3 is 9.72 Å². The molecule has 9 heteroatoms. The van der Waals surface area contributed by atoms with Gasteiger partial charge in [0.1, 0.15) is 5.84 Å². The molecule has 0 amide bonds. The molecule has 2 aromatic carbocycles. The van der Waals surface area contributed by atoms with Crippen molar-refractivity contribution in [2.75, 3.05) is 6.54 Å². The summed E-state index contributed by atoms with van der Waals surface area (Å²) in [5.41, 5.74) is 1.76. The second-order valence-electron chi connectivity index (χ2n) is 6.83. The summed E-state index contributed by atoms with van der Waals surface area (Å²) in [6.45, 7) is 1.55. The van der Waals surface area contributed by atoms with Crippen LogP contribution in [0, 0.1) is 0 Å². The van der Waals surface area contributed by atoms with Gasteiger partial charge in [-0.3, -0.25) is 19.3 Å². The lowest BCUT2D eigenvalue weighted by molar-refractivity contribution is -0.146. The van der Waals surface area contributed by atoms with Crippen LogP contribution in [0.5, 0.6) is 0 Å². The van der Waals surface area contributed by atoms with Crippen molar-refractivity contribution < 1.29 is 22.7 Å². The van der Waals surface area contributed by atoms with Gasteiger partial charge in [0.15, 0.2) is 6.10 Å². The molecule has 1 aliphatic heterocycles. The molecule has 2 heterocycles. The maximum atomic E-state index is 12.6. The topological polar surface area (TPSA) is 118 Å². The number of fused-ring (bicyclic) bond motifs is 2. The van der Waals surface area contributed by atoms with Crippen LogP contribution in [0.2, 0.25) is 0 Å². The highest BCUT2D eigenvalue weighted by molar-refractivity contribution is 7.90. The number of carbonyl (C=O) groups excluding carboxylic acids is 2. The molecule has 0 saturated carbocycles. The molecule has 2 N–H and O–H groups in total. The number of rotatable bonds is 6. The zero-order valence-electron chi connectivity index (χ0n) is 16.1. The number of sulfonamides is 1. The minimum Gasteiger partial charge on any atom is -0.454 e. The first-order chi connectivity index (χ1) is 14.4. The SMILES string of the molecule is C[C@@H](OC(=O)CCN=C1NS(=O)(=O)c2ccccc21)C(=O)c1c[nH]c2ccccc12. The predicted octanol–water partition coefficient (Wildman–Crippen LogP) is 2.41. The first-order valence-corrected chi connectivity index (χ1v) is 10.8. The van der Waals surface area contributed by atoms with Gasteiger partial charge in [0.05, 0.1) is 17.9 Å². The number of nitrogens with one attached hydrogen (secondary N) is 2. The Hall–Kier alpha value is -3.46. The average Bonchev–Trinajstić information content (AvgIpc) is 3.26. The van der Waals surface area contributed by atoms with Crippen LogP contribution in [-0.2, 0) is 19.6 Å². The number of aromatic nitrogens is 1. The van der Waals surface area contributed by atoms with Gasteiger partial charge in [-0.25, -0.2) is 8.42 Å². The van der Waals surface area contributed by atoms with E-state index in [1.807, 2.05) is 24.3 Å². The Labute approximate surface area is 173 Å². The monoisotopic (exact) mass is 425 g/mol. The molecule has 0 fully saturated rings. The van der Waals surface area contributed by atoms with Crippen LogP contribution in [0.25, 0.3) is 10.9 Å². The van der Waals surface area contributed by atoms with Crippen LogP contribution in [-0.4, -0.2) is 43.6 Å². The number of hydrogen-bond acceptors (Lipinski definition) is 6. The third kappa shape index (κ3) is 3.71. The molecule has 1 aromatic heterocycles. The molecule has 0 saturated heterocycles. The Kier molecular flexibility index (Phi) is 5.13. The Morgan fingerprint density at radius 3 is 2.67 bits per heavy atom. The van der Waals surface area contributed by atoms with Crippen molar-refractivity contribution in [1.82, 2.24) is 9.71 Å². The Bertz CT molecular complexity index is 1280. The molecule has 3 aromatic rings. The van der Waals surface area contributed by atoms with Crippen molar-refractivity contribution in [3.63, 3.8) is 0 Å². The van der Waals surface area contributed by atoms with Crippen molar-refractivity contribution in [3.8, 4) is 0 Å². The minimum absolute atomic E-state index is 0.0268. The molecule has 0 spiro atoms. The van der Waals surface area contributed by atoms with Crippen LogP contribution < -0.4 is 4.72 Å². The van der Waals surface area contributed by atoms with Crippen molar-refractivity contribution in [3.05, 3.63) is 65.9 Å². The third-order valence-electron chi connectivity index (χ3n) is 4.78. The fraction of sp³-hybridized carbons (Fsp3) is 0.190. The number of carbonyl (C=O) groups is 2. The third-order valence-corrected chi connectivity index (χ3v) is 6.18. The maximum absolute atomic E-state index is 12.6. The maximum Gasteiger partial charge on any atom is 0.308 e. The number of nitrogens with zero attached hydrogens (tertiary/aromatic N) is 1. The Morgan fingerprint density at radius 1 is 1.10 bits per heavy atom. The largest absolute Gasteiger partial charge is 0.454 e. The van der Waals surface area contributed by atoms with E-state index in [0.717, 1.165) is 10.9 Å². The van der Waals surface area contributed by atoms with E-state index in [1.165, 1.54) is 13.0 Å². The molecule has 4 rings (SSSR count). The van der Waals surface area contributed by atoms with Gasteiger partial charge in [0.2, 0.25) is 5.78 Å². The van der Waals surface area contributed by atoms with Crippen molar-refractivity contribution in [2.45, 2.75) is 24.3 Å². The number of benzene rings is 2. The van der Waals surface area contributed by atoms with Crippen molar-refractivity contribution in [2.24, 2.45) is 4.99 Å². The van der Waals surface area contributed by atoms with Gasteiger partial charge >= 0.3 is 5.97 Å². The van der Waals surface area contributed by atoms with Gasteiger partial charge in [-0.1, -0.05) is 30.3 Å². The summed E-state index contributed by atoms with van der Waals surface area (Å²) in [7, 11) is -3.62. The Balaban J connectivity index is 1.37. The molecule has 0 bridgehead atoms. The van der Waals surface area contributed by atoms with E-state index in [1.54, 1.807) is 24.4 Å². The summed E-state index contributed by atoms with van der Waals surface area (Å²) in [4.78, 5) is 32.2. The molecule has 154 valence electrons. The van der Waals surface area contributed by atoms with Gasteiger partial charge in [-0.2, -0.15) is 0 Å². The number of hydrogen-bond donors (Lipinski definition) is 2. The van der Waals surface area contributed by atoms with Crippen LogP contribution in [0.15, 0.2) is 64.6 Å². The van der Waals surface area contributed by atoms with E-state index in [0.29, 0.717) is 11.1 Å². The van der Waals surface area contributed by atoms with Crippen molar-refractivity contribution in [1.29, 1.82) is 0 Å². The predicted molar refractivity (Wildman–Crippen MR) is 111 cm³/mol. The molecule has 8 nitrogen and oxygen atoms in total. The molecular weight excluding hydrogens is 406 g/mol. The lowest BCUT2D eigenvalue weighted by atomic mass is 10.1. The normalized spacial score (nSPS) is 16.8. The van der Waals surface area contributed by atoms with E-state index in [-0.39, 0.29) is 29.5 Å². The smallest absolute Gasteiger partial charge is 0.308 e. The summed E-state index contributed by atoms with van der Waals surface area (Å²) < 4.78 is 31.8. The van der Waals surface area contributed by atoms with E-state index < -0.39 is 22.1 Å². The number of esters is 1. The number of Topliss-reactive ketones (excluding diaryl/α,β-unsaturated/α-hetero) is 1. The molecule has 0 unspecified atom stereocenters. The first-order valence-electron chi connectivity index (χ1n) is 9.33. The number of H-pyrrole nitrogens is 1. The van der Waals surface area contributed by atoms with E-state index in [4.69, 9.17) is 4.74 Å². The highest BCUT2D eigenvalue weighted by Crippen LogP contribution is 2.22. The highest BCUT2D eigenvalue weighted by atomic mass is 32.2. The zero-order valence-corrected chi connectivity index (χ0v) is 16.9. The van der Waals surface area contributed by atoms with E-state index >= 15 is 0 Å². The number of aromatic amines is 1. The highest BCUT2D eigenvalue weighted by Gasteiger charge is 2.30. The molecule has 1 atom stereocenters. The molecule has 0 aliphatic carbocycles. The van der Waals surface area contributed by atoms with Crippen molar-refractivity contribution >= 4 is 38.5 Å². The standard InChI is InChI=1S/C21H19N3O5S/c1-13(20(26)16-12-23-17-8-4-2-6-14(16)17)29-19(25)10-11-22-21-15-7-3-5-9-18(15)30(27,28)24-21/h2-9,12-13,23H,10-11H2,1H3,(H,22,24)/t13-/m1/s1. The number of aliphatic imine (C=N–C) groups is 1. The minimum atomic E-state index is -3.62. The van der Waals surface area contributed by atoms with Gasteiger partial charge in [0.25, 0.3) is 10.0 Å². The van der Waals surface area contributed by atoms with Gasteiger partial charge in [-0.15, -0.1) is 0 Å². The quantitative estimate of drug-likeness (QED) is 0.465. The summed E-state index contributed by atoms with van der Waals surface area (Å²) in [5.74, 6) is -0.694. The van der Waals surface area contributed by atoms with Crippen LogP contribution >= 0.6 is 0 Å². The molecule has 0 radical (unpaired) electrons. The second-order valence-corrected chi connectivity index (χ2v) is 8.48. The van der Waals surface area contributed by atoms with Gasteiger partial charge in [0, 0.05) is 28.2 Å². The van der Waals surface area contributed by atoms with Crippen LogP contribution in [0.3, 0.4) is 0 Å². The molecule has 1 aliphatic rings. The molecule has 30 heavy (non-hydrogen) atoms. The van der Waals surface area contributed by atoms with E-state index in [2.05, 4.69) is 14.7 Å². The number of amidine groups is 1. The van der Waals surface area contributed by atoms with Gasteiger partial charge in [-0.05, 0) is 25.1 Å². The Morgan fingerprint density at radius 2 is 1.83 bits per heavy atom. The summed E-state index contributed by atoms with van der Waals surface area (Å²) >= 11 is 0. The number of ether oxygens (including phenoxy) is 1. The number of para-hydroxylation sites is 1. The lowest BCUT2D eigenvalue weighted by Crippen LogP contribution is -2.25. The first kappa shape index (κ1) is 19.8. The fourth-order valence-electron chi connectivity index (χ4n) is 3.31.